The van der Waals surface area contributed by atoms with E-state index >= 15 is 0 Å². The largest absolute Gasteiger partial charge is 0.481 e. The smallest absolute Gasteiger partial charge is 0.307 e. The molecule has 18 heavy (non-hydrogen) atoms. The number of sulfonamides is 1. The van der Waals surface area contributed by atoms with Crippen molar-refractivity contribution in [2.45, 2.75) is 24.7 Å². The molecule has 0 fully saturated rings. The van der Waals surface area contributed by atoms with Crippen LogP contribution in [0.1, 0.15) is 18.9 Å². The minimum absolute atomic E-state index is 0.106. The van der Waals surface area contributed by atoms with Gasteiger partial charge in [0.1, 0.15) is 0 Å². The molecule has 0 aromatic heterocycles. The zero-order valence-corrected chi connectivity index (χ0v) is 11.3. The molecular weight excluding hydrogens is 254 g/mol. The molecule has 1 aromatic carbocycles. The molecular formula is C12H17NO4S. The van der Waals surface area contributed by atoms with E-state index in [2.05, 4.69) is 0 Å². The third-order valence-electron chi connectivity index (χ3n) is 2.53. The summed E-state index contributed by atoms with van der Waals surface area (Å²) < 4.78 is 25.4. The topological polar surface area (TPSA) is 74.7 Å². The molecule has 100 valence electrons. The molecule has 0 saturated heterocycles. The Bertz CT molecular complexity index is 507. The number of aliphatic carboxylic acids is 1. The minimum Gasteiger partial charge on any atom is -0.481 e. The maximum Gasteiger partial charge on any atom is 0.307 e. The van der Waals surface area contributed by atoms with Crippen LogP contribution >= 0.6 is 0 Å². The van der Waals surface area contributed by atoms with Crippen molar-refractivity contribution >= 4 is 16.0 Å². The minimum atomic E-state index is -3.46. The number of nitrogens with zero attached hydrogens (tertiary/aromatic N) is 1. The van der Waals surface area contributed by atoms with Crippen molar-refractivity contribution in [1.29, 1.82) is 0 Å². The number of carbonyl (C=O) groups is 1. The van der Waals surface area contributed by atoms with Gasteiger partial charge in [-0.3, -0.25) is 4.79 Å². The van der Waals surface area contributed by atoms with Crippen LogP contribution in [0.5, 0.6) is 0 Å². The third kappa shape index (κ3) is 3.54. The van der Waals surface area contributed by atoms with E-state index in [0.29, 0.717) is 12.1 Å². The summed E-state index contributed by atoms with van der Waals surface area (Å²) in [7, 11) is -1.93. The average Bonchev–Trinajstić information content (AvgIpc) is 2.29. The van der Waals surface area contributed by atoms with Crippen LogP contribution in [0.15, 0.2) is 29.2 Å². The van der Waals surface area contributed by atoms with E-state index < -0.39 is 16.0 Å². The molecule has 5 nitrogen and oxygen atoms in total. The van der Waals surface area contributed by atoms with Gasteiger partial charge in [-0.05, 0) is 24.1 Å². The number of hydrogen-bond acceptors (Lipinski definition) is 3. The van der Waals surface area contributed by atoms with Crippen LogP contribution in [0.25, 0.3) is 0 Å². The Kier molecular flexibility index (Phi) is 4.86. The maximum atomic E-state index is 12.1. The van der Waals surface area contributed by atoms with Crippen molar-refractivity contribution in [3.8, 4) is 0 Å². The summed E-state index contributed by atoms with van der Waals surface area (Å²) in [5.41, 5.74) is 0.583. The maximum absolute atomic E-state index is 12.1. The normalized spacial score (nSPS) is 11.7. The Balaban J connectivity index is 2.94. The lowest BCUT2D eigenvalue weighted by Crippen LogP contribution is -2.27. The van der Waals surface area contributed by atoms with Gasteiger partial charge in [-0.25, -0.2) is 12.7 Å². The highest BCUT2D eigenvalue weighted by molar-refractivity contribution is 7.89. The highest BCUT2D eigenvalue weighted by Gasteiger charge is 2.19. The predicted molar refractivity (Wildman–Crippen MR) is 67.9 cm³/mol. The van der Waals surface area contributed by atoms with E-state index in [9.17, 15) is 13.2 Å². The fourth-order valence-electron chi connectivity index (χ4n) is 1.57. The quantitative estimate of drug-likeness (QED) is 0.847. The van der Waals surface area contributed by atoms with Crippen LogP contribution in [-0.4, -0.2) is 37.4 Å². The number of carboxylic acid groups (broad SMARTS) is 1. The van der Waals surface area contributed by atoms with Gasteiger partial charge in [0, 0.05) is 13.6 Å². The number of benzene rings is 1. The fraction of sp³-hybridized carbons (Fsp3) is 0.417. The van der Waals surface area contributed by atoms with Crippen molar-refractivity contribution in [3.63, 3.8) is 0 Å². The van der Waals surface area contributed by atoms with Gasteiger partial charge in [0.05, 0.1) is 11.3 Å². The van der Waals surface area contributed by atoms with E-state index in [1.165, 1.54) is 35.6 Å². The average molecular weight is 271 g/mol. The lowest BCUT2D eigenvalue weighted by molar-refractivity contribution is -0.136. The molecule has 0 aliphatic rings. The summed E-state index contributed by atoms with van der Waals surface area (Å²) in [5, 5.41) is 8.63. The Morgan fingerprint density at radius 3 is 2.28 bits per heavy atom. The van der Waals surface area contributed by atoms with E-state index in [1.54, 1.807) is 0 Å². The van der Waals surface area contributed by atoms with Crippen molar-refractivity contribution in [2.24, 2.45) is 0 Å². The fourth-order valence-corrected chi connectivity index (χ4v) is 2.83. The Labute approximate surface area is 107 Å². The molecule has 1 N–H and O–H groups in total. The van der Waals surface area contributed by atoms with Gasteiger partial charge in [-0.15, -0.1) is 0 Å². The number of carboxylic acids is 1. The second-order valence-corrected chi connectivity index (χ2v) is 6.09. The van der Waals surface area contributed by atoms with Crippen molar-refractivity contribution < 1.29 is 18.3 Å². The Morgan fingerprint density at radius 1 is 1.28 bits per heavy atom. The molecule has 0 aliphatic carbocycles. The lowest BCUT2D eigenvalue weighted by atomic mass is 10.2. The van der Waals surface area contributed by atoms with Gasteiger partial charge in [-0.2, -0.15) is 0 Å². The van der Waals surface area contributed by atoms with Crippen molar-refractivity contribution in [3.05, 3.63) is 29.8 Å². The molecule has 0 saturated carbocycles. The first-order valence-corrected chi connectivity index (χ1v) is 7.09. The van der Waals surface area contributed by atoms with Gasteiger partial charge in [-0.1, -0.05) is 19.1 Å². The van der Waals surface area contributed by atoms with Gasteiger partial charge in [0.2, 0.25) is 10.0 Å². The van der Waals surface area contributed by atoms with Crippen LogP contribution < -0.4 is 0 Å². The highest BCUT2D eigenvalue weighted by Crippen LogP contribution is 2.15. The third-order valence-corrected chi connectivity index (χ3v) is 4.40. The molecule has 0 bridgehead atoms. The first kappa shape index (κ1) is 14.7. The summed E-state index contributed by atoms with van der Waals surface area (Å²) >= 11 is 0. The van der Waals surface area contributed by atoms with Crippen molar-refractivity contribution in [1.82, 2.24) is 4.31 Å². The summed E-state index contributed by atoms with van der Waals surface area (Å²) in [6, 6.07) is 5.95. The second kappa shape index (κ2) is 5.97. The van der Waals surface area contributed by atoms with Crippen molar-refractivity contribution in [2.75, 3.05) is 13.6 Å². The molecule has 0 heterocycles. The predicted octanol–water partition coefficient (Wildman–Crippen LogP) is 1.34. The summed E-state index contributed by atoms with van der Waals surface area (Å²) in [6.45, 7) is 2.36. The van der Waals surface area contributed by atoms with Gasteiger partial charge in [0.25, 0.3) is 0 Å². The molecule has 0 radical (unpaired) electrons. The molecule has 1 aromatic rings. The zero-order valence-electron chi connectivity index (χ0n) is 10.5. The van der Waals surface area contributed by atoms with Crippen LogP contribution in [0.2, 0.25) is 0 Å². The van der Waals surface area contributed by atoms with Crippen LogP contribution in [0, 0.1) is 0 Å². The number of rotatable bonds is 6. The SMILES string of the molecule is CCCN(C)S(=O)(=O)c1ccc(CC(=O)O)cc1. The zero-order chi connectivity index (χ0) is 13.8. The lowest BCUT2D eigenvalue weighted by Gasteiger charge is -2.16. The van der Waals surface area contributed by atoms with Gasteiger partial charge in [0.15, 0.2) is 0 Å². The first-order valence-electron chi connectivity index (χ1n) is 5.65. The molecule has 0 unspecified atom stereocenters. The molecule has 6 heteroatoms. The second-order valence-electron chi connectivity index (χ2n) is 4.04. The summed E-state index contributed by atoms with van der Waals surface area (Å²) in [6.07, 6.45) is 0.637. The Hall–Kier alpha value is -1.40. The molecule has 0 spiro atoms. The van der Waals surface area contributed by atoms with E-state index in [4.69, 9.17) is 5.11 Å². The summed E-state index contributed by atoms with van der Waals surface area (Å²) in [5.74, 6) is -0.936. The molecule has 0 amide bonds. The van der Waals surface area contributed by atoms with Crippen LogP contribution in [0.3, 0.4) is 0 Å². The molecule has 1 rings (SSSR count). The van der Waals surface area contributed by atoms with Gasteiger partial charge >= 0.3 is 5.97 Å². The molecule has 0 aliphatic heterocycles. The van der Waals surface area contributed by atoms with E-state index in [0.717, 1.165) is 6.42 Å². The van der Waals surface area contributed by atoms with Crippen LogP contribution in [0.4, 0.5) is 0 Å². The number of hydrogen-bond donors (Lipinski definition) is 1. The highest BCUT2D eigenvalue weighted by atomic mass is 32.2. The van der Waals surface area contributed by atoms with E-state index in [-0.39, 0.29) is 11.3 Å². The Morgan fingerprint density at radius 2 is 1.83 bits per heavy atom. The molecule has 0 atom stereocenters. The van der Waals surface area contributed by atoms with Crippen LogP contribution in [-0.2, 0) is 21.2 Å². The van der Waals surface area contributed by atoms with E-state index in [1.807, 2.05) is 6.92 Å². The standard InChI is InChI=1S/C12H17NO4S/c1-3-8-13(2)18(16,17)11-6-4-10(5-7-11)9-12(14)15/h4-7H,3,8-9H2,1-2H3,(H,14,15). The monoisotopic (exact) mass is 271 g/mol. The first-order chi connectivity index (χ1) is 8.37. The summed E-state index contributed by atoms with van der Waals surface area (Å²) in [4.78, 5) is 10.7. The van der Waals surface area contributed by atoms with Gasteiger partial charge < -0.3 is 5.11 Å².